The predicted octanol–water partition coefficient (Wildman–Crippen LogP) is 4.25. The van der Waals surface area contributed by atoms with E-state index in [1.165, 1.54) is 25.8 Å². The molecule has 18 heavy (non-hydrogen) atoms. The quantitative estimate of drug-likeness (QED) is 0.443. The molecule has 0 N–H and O–H groups in total. The summed E-state index contributed by atoms with van der Waals surface area (Å²) in [6.07, 6.45) is 14.3. The Hall–Kier alpha value is -1.08. The van der Waals surface area contributed by atoms with Crippen LogP contribution in [-0.4, -0.2) is 29.7 Å². The summed E-state index contributed by atoms with van der Waals surface area (Å²) in [5.74, 6) is 0. The highest BCUT2D eigenvalue weighted by Crippen LogP contribution is 2.41. The summed E-state index contributed by atoms with van der Waals surface area (Å²) in [6, 6.07) is 0. The Balaban J connectivity index is 3.17. The van der Waals surface area contributed by atoms with E-state index in [9.17, 15) is 0 Å². The third-order valence-corrected chi connectivity index (χ3v) is 4.49. The first-order valence-electron chi connectivity index (χ1n) is 7.00. The fourth-order valence-electron chi connectivity index (χ4n) is 3.69. The largest absolute Gasteiger partial charge is 0.312 e. The van der Waals surface area contributed by atoms with Gasteiger partial charge in [0.15, 0.2) is 0 Å². The van der Waals surface area contributed by atoms with Crippen molar-refractivity contribution in [2.45, 2.75) is 37.6 Å². The molecule has 0 bridgehead atoms. The third-order valence-electron chi connectivity index (χ3n) is 4.49. The second-order valence-corrected chi connectivity index (χ2v) is 5.48. The molecule has 100 valence electrons. The van der Waals surface area contributed by atoms with Gasteiger partial charge in [0, 0.05) is 19.3 Å². The maximum atomic E-state index is 3.97. The van der Waals surface area contributed by atoms with Gasteiger partial charge < -0.3 is 4.48 Å². The second-order valence-electron chi connectivity index (χ2n) is 5.48. The zero-order valence-electron chi connectivity index (χ0n) is 11.7. The highest BCUT2D eigenvalue weighted by molar-refractivity contribution is 4.97. The number of hydrogen-bond donors (Lipinski definition) is 0. The molecule has 0 radical (unpaired) electrons. The van der Waals surface area contributed by atoms with Crippen LogP contribution in [0.1, 0.15) is 32.1 Å². The molecule has 1 aliphatic rings. The van der Waals surface area contributed by atoms with Crippen LogP contribution in [0.3, 0.4) is 0 Å². The van der Waals surface area contributed by atoms with E-state index in [1.54, 1.807) is 0 Å². The minimum Gasteiger partial charge on any atom is -0.312 e. The van der Waals surface area contributed by atoms with Gasteiger partial charge in [-0.15, -0.1) is 13.2 Å². The van der Waals surface area contributed by atoms with Crippen LogP contribution in [0.2, 0.25) is 0 Å². The van der Waals surface area contributed by atoms with Gasteiger partial charge in [0.05, 0.1) is 19.6 Å². The third kappa shape index (κ3) is 2.67. The van der Waals surface area contributed by atoms with E-state index in [-0.39, 0.29) is 5.54 Å². The Morgan fingerprint density at radius 1 is 0.833 bits per heavy atom. The van der Waals surface area contributed by atoms with E-state index in [2.05, 4.69) is 50.6 Å². The molecule has 0 aliphatic carbocycles. The summed E-state index contributed by atoms with van der Waals surface area (Å²) in [7, 11) is 0. The zero-order chi connectivity index (χ0) is 13.5. The van der Waals surface area contributed by atoms with Crippen molar-refractivity contribution in [2.75, 3.05) is 19.6 Å². The summed E-state index contributed by atoms with van der Waals surface area (Å²) in [6.45, 7) is 19.1. The lowest BCUT2D eigenvalue weighted by atomic mass is 9.77. The minimum atomic E-state index is 0.254. The van der Waals surface area contributed by atoms with Crippen molar-refractivity contribution < 1.29 is 4.48 Å². The second kappa shape index (κ2) is 6.75. The van der Waals surface area contributed by atoms with Gasteiger partial charge in [0.25, 0.3) is 0 Å². The number of likely N-dealkylation sites (tertiary alicyclic amines) is 1. The molecule has 0 aromatic carbocycles. The van der Waals surface area contributed by atoms with Gasteiger partial charge in [-0.2, -0.15) is 0 Å². The van der Waals surface area contributed by atoms with Crippen molar-refractivity contribution in [1.82, 2.24) is 0 Å². The average Bonchev–Trinajstić information content (AvgIpc) is 2.34. The smallest absolute Gasteiger partial charge is 0.107 e. The first kappa shape index (κ1) is 15.0. The fraction of sp³-hybridized carbons (Fsp3) is 0.529. The Labute approximate surface area is 113 Å². The molecule has 0 unspecified atom stereocenters. The van der Waals surface area contributed by atoms with Crippen molar-refractivity contribution in [3.63, 3.8) is 0 Å². The normalized spacial score (nSPS) is 20.9. The zero-order valence-corrected chi connectivity index (χ0v) is 11.7. The summed E-state index contributed by atoms with van der Waals surface area (Å²) in [4.78, 5) is 0. The fourth-order valence-corrected chi connectivity index (χ4v) is 3.69. The number of quaternary nitrogens is 1. The molecule has 0 spiro atoms. The van der Waals surface area contributed by atoms with E-state index >= 15 is 0 Å². The van der Waals surface area contributed by atoms with E-state index in [0.717, 1.165) is 30.4 Å². The van der Waals surface area contributed by atoms with Gasteiger partial charge in [0.1, 0.15) is 5.54 Å². The number of piperidine rings is 1. The van der Waals surface area contributed by atoms with Crippen LogP contribution >= 0.6 is 0 Å². The Bertz CT molecular complexity index is 262. The monoisotopic (exact) mass is 246 g/mol. The first-order valence-corrected chi connectivity index (χ1v) is 7.00. The molecule has 0 saturated carbocycles. The topological polar surface area (TPSA) is 0 Å². The van der Waals surface area contributed by atoms with Crippen molar-refractivity contribution >= 4 is 0 Å². The Morgan fingerprint density at radius 3 is 1.83 bits per heavy atom. The van der Waals surface area contributed by atoms with E-state index in [1.807, 2.05) is 0 Å². The highest BCUT2D eigenvalue weighted by atomic mass is 15.4. The van der Waals surface area contributed by atoms with Crippen LogP contribution in [0.25, 0.3) is 0 Å². The summed E-state index contributed by atoms with van der Waals surface area (Å²) < 4.78 is 1.08. The average molecular weight is 246 g/mol. The van der Waals surface area contributed by atoms with E-state index in [4.69, 9.17) is 0 Å². The van der Waals surface area contributed by atoms with Gasteiger partial charge in [-0.3, -0.25) is 0 Å². The molecule has 0 aromatic rings. The lowest BCUT2D eigenvalue weighted by Gasteiger charge is -2.55. The number of nitrogens with zero attached hydrogens (tertiary/aromatic N) is 1. The van der Waals surface area contributed by atoms with Crippen molar-refractivity contribution in [3.8, 4) is 0 Å². The maximum absolute atomic E-state index is 3.97. The minimum absolute atomic E-state index is 0.254. The van der Waals surface area contributed by atoms with Crippen LogP contribution in [-0.2, 0) is 0 Å². The van der Waals surface area contributed by atoms with Gasteiger partial charge in [0.2, 0.25) is 0 Å². The van der Waals surface area contributed by atoms with Crippen LogP contribution in [0.15, 0.2) is 50.6 Å². The SMILES string of the molecule is C=CCC1(CC=C)CCCC[N+]1(CC=C)CC=C. The molecular formula is C17H28N+. The predicted molar refractivity (Wildman–Crippen MR) is 81.5 cm³/mol. The molecule has 1 saturated heterocycles. The lowest BCUT2D eigenvalue weighted by molar-refractivity contribution is -0.971. The molecule has 1 heterocycles. The standard InChI is InChI=1S/C17H28N/c1-5-11-17(12-6-2)13-9-10-16-18(17,14-7-3)15-8-4/h5-8H,1-4,9-16H2/q+1. The van der Waals surface area contributed by atoms with E-state index < -0.39 is 0 Å². The Morgan fingerprint density at radius 2 is 1.39 bits per heavy atom. The summed E-state index contributed by atoms with van der Waals surface area (Å²) in [5, 5.41) is 0. The van der Waals surface area contributed by atoms with Gasteiger partial charge in [-0.1, -0.05) is 25.3 Å². The maximum Gasteiger partial charge on any atom is 0.107 e. The van der Waals surface area contributed by atoms with E-state index in [0.29, 0.717) is 0 Å². The van der Waals surface area contributed by atoms with Gasteiger partial charge >= 0.3 is 0 Å². The van der Waals surface area contributed by atoms with Crippen molar-refractivity contribution in [1.29, 1.82) is 0 Å². The molecular weight excluding hydrogens is 218 g/mol. The molecule has 1 aliphatic heterocycles. The van der Waals surface area contributed by atoms with Crippen molar-refractivity contribution in [3.05, 3.63) is 50.6 Å². The highest BCUT2D eigenvalue weighted by Gasteiger charge is 2.49. The van der Waals surface area contributed by atoms with Crippen LogP contribution < -0.4 is 0 Å². The summed E-state index contributed by atoms with van der Waals surface area (Å²) in [5.41, 5.74) is 0.254. The molecule has 1 fully saturated rings. The van der Waals surface area contributed by atoms with Crippen molar-refractivity contribution in [2.24, 2.45) is 0 Å². The lowest BCUT2D eigenvalue weighted by Crippen LogP contribution is -2.66. The molecule has 0 aromatic heterocycles. The molecule has 0 amide bonds. The first-order chi connectivity index (χ1) is 8.70. The van der Waals surface area contributed by atoms with Crippen LogP contribution in [0, 0.1) is 0 Å². The van der Waals surface area contributed by atoms with Crippen LogP contribution in [0.4, 0.5) is 0 Å². The molecule has 1 nitrogen and oxygen atoms in total. The van der Waals surface area contributed by atoms with Crippen LogP contribution in [0.5, 0.6) is 0 Å². The van der Waals surface area contributed by atoms with Gasteiger partial charge in [-0.25, -0.2) is 0 Å². The van der Waals surface area contributed by atoms with Gasteiger partial charge in [-0.05, 0) is 25.0 Å². The number of rotatable bonds is 8. The Kier molecular flexibility index (Phi) is 5.61. The molecule has 0 atom stereocenters. The number of hydrogen-bond acceptors (Lipinski definition) is 0. The molecule has 1 heteroatoms. The molecule has 1 rings (SSSR count). The summed E-state index contributed by atoms with van der Waals surface area (Å²) >= 11 is 0.